The summed E-state index contributed by atoms with van der Waals surface area (Å²) in [7, 11) is 0. The lowest BCUT2D eigenvalue weighted by molar-refractivity contribution is -0.137. The largest absolute Gasteiger partial charge is 0.480 e. The molecule has 2 aromatic rings. The minimum atomic E-state index is -1.02. The Kier molecular flexibility index (Phi) is 5.03. The highest BCUT2D eigenvalue weighted by Crippen LogP contribution is 2.24. The molecular weight excluding hydrogens is 344 g/mol. The van der Waals surface area contributed by atoms with Gasteiger partial charge in [-0.3, -0.25) is 19.1 Å². The number of hydrogen-bond acceptors (Lipinski definition) is 5. The Bertz CT molecular complexity index is 792. The molecule has 9 heteroatoms. The fourth-order valence-corrected chi connectivity index (χ4v) is 3.62. The number of nitrogens with one attached hydrogen (secondary N) is 1. The minimum Gasteiger partial charge on any atom is -0.480 e. The molecule has 2 amide bonds. The van der Waals surface area contributed by atoms with Gasteiger partial charge >= 0.3 is 5.97 Å². The third-order valence-electron chi connectivity index (χ3n) is 3.66. The molecule has 0 radical (unpaired) electrons. The highest BCUT2D eigenvalue weighted by atomic mass is 32.2. The zero-order valence-electron chi connectivity index (χ0n) is 13.2. The van der Waals surface area contributed by atoms with Crippen molar-refractivity contribution in [2.75, 3.05) is 16.9 Å². The van der Waals surface area contributed by atoms with Crippen LogP contribution in [0, 0.1) is 0 Å². The van der Waals surface area contributed by atoms with Gasteiger partial charge in [0.1, 0.15) is 12.6 Å². The van der Waals surface area contributed by atoms with Crippen LogP contribution in [0.25, 0.3) is 0 Å². The minimum absolute atomic E-state index is 0.192. The molecule has 1 unspecified atom stereocenters. The lowest BCUT2D eigenvalue weighted by Crippen LogP contribution is -2.44. The lowest BCUT2D eigenvalue weighted by Gasteiger charge is -2.22. The first kappa shape index (κ1) is 17.0. The van der Waals surface area contributed by atoms with Gasteiger partial charge in [-0.1, -0.05) is 18.2 Å². The van der Waals surface area contributed by atoms with Gasteiger partial charge in [0.25, 0.3) is 5.91 Å². The number of hydrogen-bond donors (Lipinski definition) is 2. The Morgan fingerprint density at radius 2 is 2.00 bits per heavy atom. The Labute approximate surface area is 147 Å². The second-order valence-electron chi connectivity index (χ2n) is 5.44. The number of anilines is 1. The monoisotopic (exact) mass is 360 g/mol. The van der Waals surface area contributed by atoms with Gasteiger partial charge in [0, 0.05) is 23.6 Å². The van der Waals surface area contributed by atoms with E-state index in [-0.39, 0.29) is 24.2 Å². The van der Waals surface area contributed by atoms with Crippen LogP contribution in [0.2, 0.25) is 0 Å². The van der Waals surface area contributed by atoms with Crippen molar-refractivity contribution < 1.29 is 19.5 Å². The summed E-state index contributed by atoms with van der Waals surface area (Å²) < 4.78 is 1.22. The predicted molar refractivity (Wildman–Crippen MR) is 92.2 cm³/mol. The summed E-state index contributed by atoms with van der Waals surface area (Å²) in [5.41, 5.74) is 0.536. The van der Waals surface area contributed by atoms with Crippen LogP contribution in [0.1, 0.15) is 10.4 Å². The Morgan fingerprint density at radius 3 is 2.72 bits per heavy atom. The topological polar surface area (TPSA) is 105 Å². The molecule has 130 valence electrons. The van der Waals surface area contributed by atoms with E-state index in [2.05, 4.69) is 10.4 Å². The maximum atomic E-state index is 12.6. The van der Waals surface area contributed by atoms with Crippen molar-refractivity contribution in [3.05, 3.63) is 48.2 Å². The Morgan fingerprint density at radius 1 is 1.24 bits per heavy atom. The summed E-state index contributed by atoms with van der Waals surface area (Å²) in [6.45, 7) is -0.284. The van der Waals surface area contributed by atoms with Gasteiger partial charge in [0.15, 0.2) is 5.82 Å². The average Bonchev–Trinajstić information content (AvgIpc) is 3.24. The highest BCUT2D eigenvalue weighted by Gasteiger charge is 2.35. The number of carbonyl (C=O) groups is 3. The molecular formula is C16H16N4O4S. The molecule has 0 bridgehead atoms. The van der Waals surface area contributed by atoms with E-state index in [1.54, 1.807) is 24.3 Å². The average molecular weight is 360 g/mol. The molecule has 1 fully saturated rings. The van der Waals surface area contributed by atoms with Gasteiger partial charge in [-0.2, -0.15) is 5.10 Å². The Balaban J connectivity index is 1.67. The standard InChI is InChI=1S/C16H16N4O4S/c21-14(22)8-19-7-6-13(18-19)17-15(23)12-9-25-10-20(12)16(24)11-4-2-1-3-5-11/h1-7,12H,8-10H2,(H,21,22)(H,17,18,23). The number of amides is 2. The van der Waals surface area contributed by atoms with Crippen LogP contribution in [0.15, 0.2) is 42.6 Å². The maximum Gasteiger partial charge on any atom is 0.325 e. The van der Waals surface area contributed by atoms with Crippen molar-refractivity contribution >= 4 is 35.4 Å². The molecule has 1 aliphatic heterocycles. The zero-order valence-corrected chi connectivity index (χ0v) is 14.0. The number of thioether (sulfide) groups is 1. The van der Waals surface area contributed by atoms with Gasteiger partial charge < -0.3 is 15.3 Å². The van der Waals surface area contributed by atoms with E-state index in [4.69, 9.17) is 5.11 Å². The van der Waals surface area contributed by atoms with Gasteiger partial charge in [-0.25, -0.2) is 0 Å². The highest BCUT2D eigenvalue weighted by molar-refractivity contribution is 7.99. The molecule has 1 aliphatic rings. The summed E-state index contributed by atoms with van der Waals surface area (Å²) in [6.07, 6.45) is 1.47. The number of aromatic nitrogens is 2. The van der Waals surface area contributed by atoms with Crippen LogP contribution < -0.4 is 5.32 Å². The molecule has 1 aromatic heterocycles. The molecule has 25 heavy (non-hydrogen) atoms. The van der Waals surface area contributed by atoms with E-state index in [1.807, 2.05) is 6.07 Å². The van der Waals surface area contributed by atoms with E-state index < -0.39 is 12.0 Å². The molecule has 0 aliphatic carbocycles. The molecule has 0 spiro atoms. The van der Waals surface area contributed by atoms with E-state index in [0.29, 0.717) is 17.2 Å². The summed E-state index contributed by atoms with van der Waals surface area (Å²) in [6, 6.07) is 9.74. The third-order valence-corrected chi connectivity index (χ3v) is 4.67. The van der Waals surface area contributed by atoms with Crippen molar-refractivity contribution in [3.63, 3.8) is 0 Å². The fraction of sp³-hybridized carbons (Fsp3) is 0.250. The molecule has 1 aromatic carbocycles. The van der Waals surface area contributed by atoms with Crippen molar-refractivity contribution in [2.45, 2.75) is 12.6 Å². The first-order chi connectivity index (χ1) is 12.0. The van der Waals surface area contributed by atoms with Crippen LogP contribution in [0.4, 0.5) is 5.82 Å². The SMILES string of the molecule is O=C(O)Cn1ccc(NC(=O)C2CSCN2C(=O)c2ccccc2)n1. The van der Waals surface area contributed by atoms with Gasteiger partial charge in [-0.15, -0.1) is 11.8 Å². The number of carboxylic acids is 1. The summed E-state index contributed by atoms with van der Waals surface area (Å²) in [5, 5.41) is 15.4. The number of carboxylic acid groups (broad SMARTS) is 1. The normalized spacial score (nSPS) is 16.6. The molecule has 2 heterocycles. The lowest BCUT2D eigenvalue weighted by atomic mass is 10.1. The van der Waals surface area contributed by atoms with E-state index in [1.165, 1.54) is 33.6 Å². The van der Waals surface area contributed by atoms with Crippen molar-refractivity contribution in [1.29, 1.82) is 0 Å². The summed E-state index contributed by atoms with van der Waals surface area (Å²) in [5.74, 6) is -0.348. The second kappa shape index (κ2) is 7.39. The number of carbonyl (C=O) groups excluding carboxylic acids is 2. The Hall–Kier alpha value is -2.81. The van der Waals surface area contributed by atoms with Crippen LogP contribution in [-0.2, 0) is 16.1 Å². The molecule has 3 rings (SSSR count). The molecule has 1 saturated heterocycles. The number of benzene rings is 1. The summed E-state index contributed by atoms with van der Waals surface area (Å²) in [4.78, 5) is 37.3. The van der Waals surface area contributed by atoms with E-state index in [0.717, 1.165) is 0 Å². The van der Waals surface area contributed by atoms with Crippen LogP contribution in [-0.4, -0.2) is 55.2 Å². The number of rotatable bonds is 5. The second-order valence-corrected chi connectivity index (χ2v) is 6.44. The zero-order chi connectivity index (χ0) is 17.8. The van der Waals surface area contributed by atoms with E-state index >= 15 is 0 Å². The predicted octanol–water partition coefficient (Wildman–Crippen LogP) is 1.12. The number of aliphatic carboxylic acids is 1. The molecule has 2 N–H and O–H groups in total. The first-order valence-corrected chi connectivity index (χ1v) is 8.70. The third kappa shape index (κ3) is 4.00. The molecule has 0 saturated carbocycles. The molecule has 8 nitrogen and oxygen atoms in total. The quantitative estimate of drug-likeness (QED) is 0.828. The smallest absolute Gasteiger partial charge is 0.325 e. The van der Waals surface area contributed by atoms with Crippen molar-refractivity contribution in [2.24, 2.45) is 0 Å². The maximum absolute atomic E-state index is 12.6. The molecule has 1 atom stereocenters. The number of nitrogens with zero attached hydrogens (tertiary/aromatic N) is 3. The first-order valence-electron chi connectivity index (χ1n) is 7.54. The van der Waals surface area contributed by atoms with Gasteiger partial charge in [0.05, 0.1) is 5.88 Å². The van der Waals surface area contributed by atoms with Crippen LogP contribution >= 0.6 is 11.8 Å². The summed E-state index contributed by atoms with van der Waals surface area (Å²) >= 11 is 1.51. The van der Waals surface area contributed by atoms with Gasteiger partial charge in [-0.05, 0) is 12.1 Å². The van der Waals surface area contributed by atoms with Gasteiger partial charge in [0.2, 0.25) is 5.91 Å². The van der Waals surface area contributed by atoms with Crippen LogP contribution in [0.5, 0.6) is 0 Å². The van der Waals surface area contributed by atoms with Crippen LogP contribution in [0.3, 0.4) is 0 Å². The van der Waals surface area contributed by atoms with Crippen molar-refractivity contribution in [3.8, 4) is 0 Å². The van der Waals surface area contributed by atoms with Crippen molar-refractivity contribution in [1.82, 2.24) is 14.7 Å². The fourth-order valence-electron chi connectivity index (χ4n) is 2.47. The van der Waals surface area contributed by atoms with E-state index in [9.17, 15) is 14.4 Å².